The first kappa shape index (κ1) is 31.9. The molecule has 0 aliphatic carbocycles. The Kier molecular flexibility index (Phi) is 7.46. The van der Waals surface area contributed by atoms with Gasteiger partial charge >= 0.3 is 0 Å². The predicted molar refractivity (Wildman–Crippen MR) is 232 cm³/mol. The van der Waals surface area contributed by atoms with Crippen LogP contribution in [0.25, 0.3) is 100 Å². The lowest BCUT2D eigenvalue weighted by atomic mass is 10.1. The molecule has 0 bridgehead atoms. The van der Waals surface area contributed by atoms with E-state index in [9.17, 15) is 0 Å². The minimum atomic E-state index is 0.706. The second-order valence-electron chi connectivity index (χ2n) is 14.3. The average molecular weight is 715 g/mol. The molecular weight excluding hydrogens is 681 g/mol. The van der Waals surface area contributed by atoms with Crippen molar-refractivity contribution in [1.82, 2.24) is 19.1 Å². The summed E-state index contributed by atoms with van der Waals surface area (Å²) in [5.41, 5.74) is 14.2. The summed E-state index contributed by atoms with van der Waals surface area (Å²) in [6.07, 6.45) is 0. The van der Waals surface area contributed by atoms with Crippen molar-refractivity contribution >= 4 is 43.6 Å². The zero-order valence-corrected chi connectivity index (χ0v) is 30.4. The van der Waals surface area contributed by atoms with E-state index in [0.29, 0.717) is 5.82 Å². The van der Waals surface area contributed by atoms with Gasteiger partial charge in [0.25, 0.3) is 0 Å². The van der Waals surface area contributed by atoms with E-state index >= 15 is 0 Å². The smallest absolute Gasteiger partial charge is 0.160 e. The Bertz CT molecular complexity index is 3170. The Labute approximate surface area is 324 Å². The summed E-state index contributed by atoms with van der Waals surface area (Å²) >= 11 is 0. The van der Waals surface area contributed by atoms with Crippen LogP contribution in [0, 0.1) is 0 Å². The monoisotopic (exact) mass is 714 g/mol. The topological polar surface area (TPSA) is 35.6 Å². The molecule has 0 atom stereocenters. The van der Waals surface area contributed by atoms with E-state index in [1.807, 2.05) is 24.3 Å². The van der Waals surface area contributed by atoms with Crippen molar-refractivity contribution in [1.29, 1.82) is 0 Å². The Morgan fingerprint density at radius 1 is 0.268 bits per heavy atom. The van der Waals surface area contributed by atoms with Crippen molar-refractivity contribution in [2.45, 2.75) is 0 Å². The molecular formula is C52H34N4. The number of benzene rings is 8. The fraction of sp³-hybridized carbons (Fsp3) is 0. The maximum absolute atomic E-state index is 5.16. The molecule has 8 aromatic carbocycles. The third-order valence-corrected chi connectivity index (χ3v) is 10.9. The summed E-state index contributed by atoms with van der Waals surface area (Å²) in [5.74, 6) is 0.706. The van der Waals surface area contributed by atoms with Gasteiger partial charge in [-0.25, -0.2) is 9.97 Å². The number of fused-ring (bicyclic) bond motifs is 6. The fourth-order valence-corrected chi connectivity index (χ4v) is 8.31. The van der Waals surface area contributed by atoms with Crippen LogP contribution in [0.1, 0.15) is 0 Å². The van der Waals surface area contributed by atoms with Crippen LogP contribution < -0.4 is 0 Å². The molecule has 0 spiro atoms. The number of aromatic nitrogens is 4. The predicted octanol–water partition coefficient (Wildman–Crippen LogP) is 13.3. The second-order valence-corrected chi connectivity index (χ2v) is 14.3. The normalized spacial score (nSPS) is 11.6. The molecule has 56 heavy (non-hydrogen) atoms. The number of hydrogen-bond acceptors (Lipinski definition) is 2. The highest BCUT2D eigenvalue weighted by molar-refractivity contribution is 6.19. The highest BCUT2D eigenvalue weighted by Crippen LogP contribution is 2.40. The summed E-state index contributed by atoms with van der Waals surface area (Å²) in [6.45, 7) is 0. The van der Waals surface area contributed by atoms with Crippen molar-refractivity contribution in [3.63, 3.8) is 0 Å². The van der Waals surface area contributed by atoms with E-state index in [2.05, 4.69) is 191 Å². The summed E-state index contributed by atoms with van der Waals surface area (Å²) in [5, 5.41) is 4.86. The molecule has 262 valence electrons. The van der Waals surface area contributed by atoms with Crippen LogP contribution >= 0.6 is 0 Å². The summed E-state index contributed by atoms with van der Waals surface area (Å²) in [6, 6.07) is 73.3. The SMILES string of the molecule is c1ccc(-c2cccc(-n3c4ccccc4c4cc5c(cc43)c3ccccc3n5-c3cccc(-c4cc(-c5ccccc5)nc(-c5ccccc5)n4)c3)c2)cc1. The molecule has 0 fully saturated rings. The lowest BCUT2D eigenvalue weighted by Gasteiger charge is -2.12. The van der Waals surface area contributed by atoms with E-state index in [0.717, 1.165) is 50.5 Å². The van der Waals surface area contributed by atoms with E-state index in [-0.39, 0.29) is 0 Å². The quantitative estimate of drug-likeness (QED) is 0.172. The molecule has 3 heterocycles. The zero-order chi connectivity index (χ0) is 37.0. The van der Waals surface area contributed by atoms with Gasteiger partial charge in [0.15, 0.2) is 5.82 Å². The first-order valence-corrected chi connectivity index (χ1v) is 19.0. The van der Waals surface area contributed by atoms with E-state index in [4.69, 9.17) is 9.97 Å². The largest absolute Gasteiger partial charge is 0.309 e. The van der Waals surface area contributed by atoms with E-state index < -0.39 is 0 Å². The van der Waals surface area contributed by atoms with Crippen LogP contribution in [0.2, 0.25) is 0 Å². The first-order chi connectivity index (χ1) is 27.8. The molecule has 4 heteroatoms. The van der Waals surface area contributed by atoms with Crippen LogP contribution in [-0.4, -0.2) is 19.1 Å². The number of rotatable bonds is 6. The van der Waals surface area contributed by atoms with Gasteiger partial charge in [0.1, 0.15) is 0 Å². The Morgan fingerprint density at radius 3 is 1.27 bits per heavy atom. The van der Waals surface area contributed by atoms with Gasteiger partial charge in [-0.15, -0.1) is 0 Å². The lowest BCUT2D eigenvalue weighted by molar-refractivity contribution is 1.16. The third-order valence-electron chi connectivity index (χ3n) is 10.9. The van der Waals surface area contributed by atoms with Crippen LogP contribution in [-0.2, 0) is 0 Å². The summed E-state index contributed by atoms with van der Waals surface area (Å²) in [4.78, 5) is 10.2. The van der Waals surface area contributed by atoms with Gasteiger partial charge in [-0.05, 0) is 65.7 Å². The number of para-hydroxylation sites is 2. The zero-order valence-electron chi connectivity index (χ0n) is 30.4. The second kappa shape index (κ2) is 13.1. The lowest BCUT2D eigenvalue weighted by Crippen LogP contribution is -1.98. The van der Waals surface area contributed by atoms with E-state index in [1.54, 1.807) is 0 Å². The average Bonchev–Trinajstić information content (AvgIpc) is 3.78. The molecule has 0 amide bonds. The van der Waals surface area contributed by atoms with Crippen molar-refractivity contribution in [2.24, 2.45) is 0 Å². The molecule has 0 aliphatic rings. The Hall–Kier alpha value is -7.56. The van der Waals surface area contributed by atoms with Crippen LogP contribution in [0.3, 0.4) is 0 Å². The van der Waals surface area contributed by atoms with Gasteiger partial charge in [-0.3, -0.25) is 0 Å². The van der Waals surface area contributed by atoms with Gasteiger partial charge in [-0.2, -0.15) is 0 Å². The minimum absolute atomic E-state index is 0.706. The highest BCUT2D eigenvalue weighted by Gasteiger charge is 2.19. The Morgan fingerprint density at radius 2 is 0.696 bits per heavy atom. The minimum Gasteiger partial charge on any atom is -0.309 e. The molecule has 4 nitrogen and oxygen atoms in total. The van der Waals surface area contributed by atoms with Gasteiger partial charge in [0.05, 0.1) is 33.5 Å². The van der Waals surface area contributed by atoms with Gasteiger partial charge in [0, 0.05) is 49.6 Å². The molecule has 0 unspecified atom stereocenters. The maximum atomic E-state index is 5.16. The van der Waals surface area contributed by atoms with Crippen molar-refractivity contribution in [2.75, 3.05) is 0 Å². The molecule has 11 aromatic rings. The molecule has 0 aliphatic heterocycles. The van der Waals surface area contributed by atoms with Crippen molar-refractivity contribution in [3.8, 4) is 56.4 Å². The van der Waals surface area contributed by atoms with Crippen LogP contribution in [0.5, 0.6) is 0 Å². The molecule has 0 saturated carbocycles. The molecule has 0 radical (unpaired) electrons. The summed E-state index contributed by atoms with van der Waals surface area (Å²) in [7, 11) is 0. The molecule has 0 saturated heterocycles. The first-order valence-electron chi connectivity index (χ1n) is 19.0. The Balaban J connectivity index is 1.12. The van der Waals surface area contributed by atoms with Crippen molar-refractivity contribution in [3.05, 3.63) is 206 Å². The highest BCUT2D eigenvalue weighted by atomic mass is 15.0. The summed E-state index contributed by atoms with van der Waals surface area (Å²) < 4.78 is 4.83. The van der Waals surface area contributed by atoms with Crippen LogP contribution in [0.15, 0.2) is 206 Å². The van der Waals surface area contributed by atoms with E-state index in [1.165, 1.54) is 43.7 Å². The molecule has 3 aromatic heterocycles. The number of nitrogens with zero attached hydrogens (tertiary/aromatic N) is 4. The maximum Gasteiger partial charge on any atom is 0.160 e. The standard InChI is InChI=1S/C52H34N4/c1-4-16-35(17-5-1)38-22-14-24-40(30-38)55-48-28-12-10-26-42(48)44-33-51-45(32-50(44)55)43-27-11-13-29-49(43)56(51)41-25-15-23-39(31-41)47-34-46(36-18-6-2-7-19-36)53-52(54-47)37-20-8-3-9-21-37/h1-34H. The van der Waals surface area contributed by atoms with Gasteiger partial charge < -0.3 is 9.13 Å². The third kappa shape index (κ3) is 5.31. The fourth-order valence-electron chi connectivity index (χ4n) is 8.31. The van der Waals surface area contributed by atoms with Gasteiger partial charge in [0.2, 0.25) is 0 Å². The molecule has 11 rings (SSSR count). The number of hydrogen-bond donors (Lipinski definition) is 0. The van der Waals surface area contributed by atoms with Crippen molar-refractivity contribution < 1.29 is 0 Å². The van der Waals surface area contributed by atoms with Crippen LogP contribution in [0.4, 0.5) is 0 Å². The molecule has 0 N–H and O–H groups in total. The van der Waals surface area contributed by atoms with Gasteiger partial charge in [-0.1, -0.05) is 152 Å².